The van der Waals surface area contributed by atoms with Crippen LogP contribution in [0.4, 0.5) is 0 Å². The lowest BCUT2D eigenvalue weighted by Crippen LogP contribution is -2.57. The largest absolute Gasteiger partial charge is 0.325 e. The highest BCUT2D eigenvalue weighted by atomic mass is 15.3. The average molecular weight is 227 g/mol. The first-order valence-electron chi connectivity index (χ1n) is 6.35. The molecule has 1 heterocycles. The third-order valence-corrected chi connectivity index (χ3v) is 4.41. The summed E-state index contributed by atoms with van der Waals surface area (Å²) >= 11 is 0. The van der Waals surface area contributed by atoms with Crippen LogP contribution in [-0.4, -0.2) is 54.6 Å². The highest BCUT2D eigenvalue weighted by Crippen LogP contribution is 2.29. The molecule has 1 saturated heterocycles. The quantitative estimate of drug-likeness (QED) is 0.791. The second kappa shape index (κ2) is 4.63. The molecule has 1 fully saturated rings. The van der Waals surface area contributed by atoms with Crippen LogP contribution in [0, 0.1) is 5.41 Å². The summed E-state index contributed by atoms with van der Waals surface area (Å²) in [6.07, 6.45) is 0. The predicted molar refractivity (Wildman–Crippen MR) is 70.6 cm³/mol. The van der Waals surface area contributed by atoms with E-state index in [9.17, 15) is 0 Å². The van der Waals surface area contributed by atoms with Gasteiger partial charge in [-0.3, -0.25) is 4.90 Å². The summed E-state index contributed by atoms with van der Waals surface area (Å²) in [5.74, 6) is 0. The molecular formula is C13H29N3. The van der Waals surface area contributed by atoms with Crippen molar-refractivity contribution in [2.45, 2.75) is 46.2 Å². The summed E-state index contributed by atoms with van der Waals surface area (Å²) < 4.78 is 0. The van der Waals surface area contributed by atoms with Gasteiger partial charge in [0.1, 0.15) is 0 Å². The van der Waals surface area contributed by atoms with E-state index < -0.39 is 0 Å². The molecule has 0 saturated carbocycles. The first-order chi connectivity index (χ1) is 7.13. The molecule has 0 aromatic heterocycles. The number of nitrogens with two attached hydrogens (primary N) is 1. The molecule has 3 nitrogen and oxygen atoms in total. The van der Waals surface area contributed by atoms with E-state index in [0.717, 1.165) is 13.1 Å². The molecule has 0 amide bonds. The summed E-state index contributed by atoms with van der Waals surface area (Å²) in [7, 11) is 2.21. The van der Waals surface area contributed by atoms with Gasteiger partial charge in [0, 0.05) is 37.8 Å². The summed E-state index contributed by atoms with van der Waals surface area (Å²) in [6.45, 7) is 15.7. The summed E-state index contributed by atoms with van der Waals surface area (Å²) in [5.41, 5.74) is 6.29. The van der Waals surface area contributed by atoms with Crippen LogP contribution in [0.3, 0.4) is 0 Å². The monoisotopic (exact) mass is 227 g/mol. The van der Waals surface area contributed by atoms with Crippen molar-refractivity contribution in [2.24, 2.45) is 11.1 Å². The van der Waals surface area contributed by atoms with Crippen LogP contribution < -0.4 is 5.73 Å². The number of nitrogens with zero attached hydrogens (tertiary/aromatic N) is 2. The van der Waals surface area contributed by atoms with Gasteiger partial charge in [0.15, 0.2) is 0 Å². The van der Waals surface area contributed by atoms with E-state index in [0.29, 0.717) is 6.04 Å². The molecule has 0 spiro atoms. The van der Waals surface area contributed by atoms with E-state index in [1.807, 2.05) is 0 Å². The highest BCUT2D eigenvalue weighted by molar-refractivity contribution is 4.93. The maximum absolute atomic E-state index is 6.26. The van der Waals surface area contributed by atoms with E-state index in [-0.39, 0.29) is 11.0 Å². The first-order valence-corrected chi connectivity index (χ1v) is 6.35. The Kier molecular flexibility index (Phi) is 4.04. The normalized spacial score (nSPS) is 26.1. The van der Waals surface area contributed by atoms with Crippen molar-refractivity contribution in [2.75, 3.05) is 33.2 Å². The Bertz CT molecular complexity index is 230. The van der Waals surface area contributed by atoms with Crippen LogP contribution in [-0.2, 0) is 0 Å². The van der Waals surface area contributed by atoms with E-state index >= 15 is 0 Å². The molecule has 0 aromatic rings. The van der Waals surface area contributed by atoms with Gasteiger partial charge in [-0.15, -0.1) is 0 Å². The standard InChI is InChI=1S/C13H29N3/c1-11-9-16(8-7-15(11)6)10-12(2,3)13(4,5)14/h11H,7-10,14H2,1-6H3. The Morgan fingerprint density at radius 1 is 1.19 bits per heavy atom. The Labute approximate surface area is 101 Å². The summed E-state index contributed by atoms with van der Waals surface area (Å²) in [5, 5.41) is 0. The molecule has 96 valence electrons. The van der Waals surface area contributed by atoms with Crippen molar-refractivity contribution >= 4 is 0 Å². The van der Waals surface area contributed by atoms with E-state index in [1.165, 1.54) is 13.1 Å². The van der Waals surface area contributed by atoms with E-state index in [1.54, 1.807) is 0 Å². The first kappa shape index (κ1) is 13.9. The molecule has 3 heteroatoms. The van der Waals surface area contributed by atoms with Crippen molar-refractivity contribution in [1.82, 2.24) is 9.80 Å². The van der Waals surface area contributed by atoms with Gasteiger partial charge in [-0.1, -0.05) is 13.8 Å². The molecule has 0 bridgehead atoms. The van der Waals surface area contributed by atoms with Gasteiger partial charge in [-0.25, -0.2) is 0 Å². The van der Waals surface area contributed by atoms with Gasteiger partial charge in [-0.2, -0.15) is 0 Å². The molecule has 0 aromatic carbocycles. The second-order valence-corrected chi connectivity index (χ2v) is 6.67. The van der Waals surface area contributed by atoms with Crippen molar-refractivity contribution in [3.63, 3.8) is 0 Å². The minimum Gasteiger partial charge on any atom is -0.325 e. The lowest BCUT2D eigenvalue weighted by atomic mass is 9.74. The number of hydrogen-bond donors (Lipinski definition) is 1. The van der Waals surface area contributed by atoms with Crippen molar-refractivity contribution in [3.05, 3.63) is 0 Å². The fourth-order valence-corrected chi connectivity index (χ4v) is 2.03. The zero-order chi connectivity index (χ0) is 12.6. The van der Waals surface area contributed by atoms with Crippen molar-refractivity contribution in [3.8, 4) is 0 Å². The van der Waals surface area contributed by atoms with Gasteiger partial charge >= 0.3 is 0 Å². The lowest BCUT2D eigenvalue weighted by Gasteiger charge is -2.45. The molecule has 1 aliphatic heterocycles. The Morgan fingerprint density at radius 3 is 2.19 bits per heavy atom. The third-order valence-electron chi connectivity index (χ3n) is 4.41. The summed E-state index contributed by atoms with van der Waals surface area (Å²) in [4.78, 5) is 4.98. The maximum atomic E-state index is 6.26. The van der Waals surface area contributed by atoms with Crippen LogP contribution in [0.1, 0.15) is 34.6 Å². The van der Waals surface area contributed by atoms with Crippen molar-refractivity contribution < 1.29 is 0 Å². The Balaban J connectivity index is 2.55. The topological polar surface area (TPSA) is 32.5 Å². The van der Waals surface area contributed by atoms with Crippen LogP contribution in [0.5, 0.6) is 0 Å². The minimum atomic E-state index is -0.125. The zero-order valence-electron chi connectivity index (χ0n) is 11.9. The van der Waals surface area contributed by atoms with Crippen LogP contribution in [0.2, 0.25) is 0 Å². The molecule has 1 atom stereocenters. The SMILES string of the molecule is CC1CN(CC(C)(C)C(C)(C)N)CCN1C. The van der Waals surface area contributed by atoms with Gasteiger partial charge in [0.25, 0.3) is 0 Å². The molecule has 1 unspecified atom stereocenters. The average Bonchev–Trinajstić information content (AvgIpc) is 2.09. The third kappa shape index (κ3) is 3.19. The smallest absolute Gasteiger partial charge is 0.0192 e. The van der Waals surface area contributed by atoms with Crippen LogP contribution in [0.15, 0.2) is 0 Å². The predicted octanol–water partition coefficient (Wildman–Crippen LogP) is 1.39. The van der Waals surface area contributed by atoms with Gasteiger partial charge in [0.2, 0.25) is 0 Å². The molecule has 1 rings (SSSR count). The molecule has 0 aliphatic carbocycles. The molecular weight excluding hydrogens is 198 g/mol. The second-order valence-electron chi connectivity index (χ2n) is 6.67. The lowest BCUT2D eigenvalue weighted by molar-refractivity contribution is 0.0517. The van der Waals surface area contributed by atoms with Crippen LogP contribution in [0.25, 0.3) is 0 Å². The minimum absolute atomic E-state index is 0.125. The van der Waals surface area contributed by atoms with Crippen LogP contribution >= 0.6 is 0 Å². The summed E-state index contributed by atoms with van der Waals surface area (Å²) in [6, 6.07) is 0.658. The maximum Gasteiger partial charge on any atom is 0.0192 e. The van der Waals surface area contributed by atoms with Crippen molar-refractivity contribution in [1.29, 1.82) is 0 Å². The van der Waals surface area contributed by atoms with Gasteiger partial charge < -0.3 is 10.6 Å². The Hall–Kier alpha value is -0.120. The Morgan fingerprint density at radius 2 is 1.75 bits per heavy atom. The zero-order valence-corrected chi connectivity index (χ0v) is 11.9. The van der Waals surface area contributed by atoms with Gasteiger partial charge in [0.05, 0.1) is 0 Å². The number of rotatable bonds is 3. The molecule has 16 heavy (non-hydrogen) atoms. The molecule has 1 aliphatic rings. The van der Waals surface area contributed by atoms with Gasteiger partial charge in [-0.05, 0) is 33.2 Å². The molecule has 0 radical (unpaired) electrons. The highest BCUT2D eigenvalue weighted by Gasteiger charge is 2.36. The number of piperazine rings is 1. The number of likely N-dealkylation sites (N-methyl/N-ethyl adjacent to an activating group) is 1. The molecule has 2 N–H and O–H groups in total. The fraction of sp³-hybridized carbons (Fsp3) is 1.00. The van der Waals surface area contributed by atoms with E-state index in [2.05, 4.69) is 51.5 Å². The fourth-order valence-electron chi connectivity index (χ4n) is 2.03. The van der Waals surface area contributed by atoms with E-state index in [4.69, 9.17) is 5.73 Å². The number of hydrogen-bond acceptors (Lipinski definition) is 3.